The third-order valence-electron chi connectivity index (χ3n) is 8.54. The predicted molar refractivity (Wildman–Crippen MR) is 95.3 cm³/mol. The Hall–Kier alpha value is -1.28. The standard InChI is InChI=1S/C22H28O2/c1-14-13-21-10-11-22(14,23)20(21,2)9-8-18-17-6-5-16(24-3)12-15(17)4-7-19(18)21/h5-6,12-13,18-19,23H,4,7-11H2,1-3H3/t18-,19-,20+,21-,22-/m1/s1. The Morgan fingerprint density at radius 1 is 1.17 bits per heavy atom. The molecular weight excluding hydrogens is 296 g/mol. The highest BCUT2D eigenvalue weighted by Gasteiger charge is 2.72. The molecule has 5 rings (SSSR count). The molecule has 0 aliphatic heterocycles. The van der Waals surface area contributed by atoms with Crippen molar-refractivity contribution in [1.29, 1.82) is 0 Å². The number of hydrogen-bond acceptors (Lipinski definition) is 2. The molecule has 128 valence electrons. The summed E-state index contributed by atoms with van der Waals surface area (Å²) in [6.07, 6.45) is 9.39. The number of allylic oxidation sites excluding steroid dienone is 1. The fourth-order valence-corrected chi connectivity index (χ4v) is 7.27. The molecule has 0 radical (unpaired) electrons. The first-order valence-corrected chi connectivity index (χ1v) is 9.54. The first kappa shape index (κ1) is 15.0. The summed E-state index contributed by atoms with van der Waals surface area (Å²) in [6, 6.07) is 6.70. The van der Waals surface area contributed by atoms with Crippen LogP contribution in [0.2, 0.25) is 0 Å². The van der Waals surface area contributed by atoms with Crippen LogP contribution < -0.4 is 4.74 Å². The summed E-state index contributed by atoms with van der Waals surface area (Å²) >= 11 is 0. The fourth-order valence-electron chi connectivity index (χ4n) is 7.27. The lowest BCUT2D eigenvalue weighted by atomic mass is 9.48. The van der Waals surface area contributed by atoms with Gasteiger partial charge < -0.3 is 9.84 Å². The molecule has 2 heteroatoms. The van der Waals surface area contributed by atoms with Crippen LogP contribution in [0.15, 0.2) is 29.8 Å². The van der Waals surface area contributed by atoms with Crippen molar-refractivity contribution in [2.75, 3.05) is 7.11 Å². The molecule has 0 heterocycles. The zero-order chi connectivity index (χ0) is 16.7. The number of hydrogen-bond donors (Lipinski definition) is 1. The van der Waals surface area contributed by atoms with Gasteiger partial charge in [-0.2, -0.15) is 0 Å². The Morgan fingerprint density at radius 2 is 2.00 bits per heavy atom. The van der Waals surface area contributed by atoms with E-state index < -0.39 is 5.60 Å². The van der Waals surface area contributed by atoms with Gasteiger partial charge in [0.1, 0.15) is 5.75 Å². The van der Waals surface area contributed by atoms with E-state index in [4.69, 9.17) is 4.74 Å². The van der Waals surface area contributed by atoms with Gasteiger partial charge in [-0.05, 0) is 86.1 Å². The molecule has 4 aliphatic carbocycles. The molecule has 0 aromatic heterocycles. The molecule has 24 heavy (non-hydrogen) atoms. The van der Waals surface area contributed by atoms with Crippen LogP contribution in [-0.2, 0) is 6.42 Å². The number of rotatable bonds is 1. The highest BCUT2D eigenvalue weighted by atomic mass is 16.5. The normalized spacial score (nSPS) is 45.2. The number of methoxy groups -OCH3 is 1. The number of aliphatic hydroxyl groups is 1. The van der Waals surface area contributed by atoms with Crippen molar-refractivity contribution in [2.24, 2.45) is 16.7 Å². The van der Waals surface area contributed by atoms with E-state index in [-0.39, 0.29) is 10.8 Å². The monoisotopic (exact) mass is 324 g/mol. The van der Waals surface area contributed by atoms with Crippen LogP contribution in [0.25, 0.3) is 0 Å². The Bertz CT molecular complexity index is 750. The maximum Gasteiger partial charge on any atom is 0.119 e. The van der Waals surface area contributed by atoms with Gasteiger partial charge in [0.15, 0.2) is 0 Å². The first-order valence-electron chi connectivity index (χ1n) is 9.54. The summed E-state index contributed by atoms with van der Waals surface area (Å²) in [6.45, 7) is 4.55. The minimum Gasteiger partial charge on any atom is -0.497 e. The first-order chi connectivity index (χ1) is 11.5. The second-order valence-corrected chi connectivity index (χ2v) is 8.92. The van der Waals surface area contributed by atoms with Crippen molar-refractivity contribution in [3.8, 4) is 5.75 Å². The lowest BCUT2D eigenvalue weighted by molar-refractivity contribution is -0.0909. The van der Waals surface area contributed by atoms with Gasteiger partial charge >= 0.3 is 0 Å². The Kier molecular flexibility index (Phi) is 2.79. The topological polar surface area (TPSA) is 29.5 Å². The van der Waals surface area contributed by atoms with E-state index >= 15 is 0 Å². The van der Waals surface area contributed by atoms with Crippen LogP contribution in [0.5, 0.6) is 5.75 Å². The van der Waals surface area contributed by atoms with E-state index in [2.05, 4.69) is 38.1 Å². The van der Waals surface area contributed by atoms with Crippen LogP contribution in [0.4, 0.5) is 0 Å². The van der Waals surface area contributed by atoms with Crippen LogP contribution in [0.1, 0.15) is 63.0 Å². The largest absolute Gasteiger partial charge is 0.497 e. The molecule has 1 aromatic rings. The molecule has 1 aromatic carbocycles. The van der Waals surface area contributed by atoms with Gasteiger partial charge in [-0.25, -0.2) is 0 Å². The van der Waals surface area contributed by atoms with Gasteiger partial charge in [0, 0.05) is 10.8 Å². The van der Waals surface area contributed by atoms with Gasteiger partial charge in [0.05, 0.1) is 12.7 Å². The summed E-state index contributed by atoms with van der Waals surface area (Å²) in [5.74, 6) is 2.32. The van der Waals surface area contributed by atoms with Crippen molar-refractivity contribution in [1.82, 2.24) is 0 Å². The van der Waals surface area contributed by atoms with Gasteiger partial charge in [0.25, 0.3) is 0 Å². The Morgan fingerprint density at radius 3 is 2.75 bits per heavy atom. The van der Waals surface area contributed by atoms with E-state index in [1.54, 1.807) is 12.7 Å². The van der Waals surface area contributed by atoms with Gasteiger partial charge in [-0.15, -0.1) is 0 Å². The quantitative estimate of drug-likeness (QED) is 0.764. The van der Waals surface area contributed by atoms with Crippen molar-refractivity contribution < 1.29 is 9.84 Å². The molecule has 0 unspecified atom stereocenters. The van der Waals surface area contributed by atoms with E-state index in [0.29, 0.717) is 11.8 Å². The summed E-state index contributed by atoms with van der Waals surface area (Å²) in [4.78, 5) is 0. The molecular formula is C22H28O2. The van der Waals surface area contributed by atoms with E-state index in [1.807, 2.05) is 0 Å². The highest BCUT2D eigenvalue weighted by Crippen LogP contribution is 2.76. The second-order valence-electron chi connectivity index (χ2n) is 8.92. The lowest BCUT2D eigenvalue weighted by Gasteiger charge is -2.56. The van der Waals surface area contributed by atoms with Crippen LogP contribution in [0.3, 0.4) is 0 Å². The number of aryl methyl sites for hydroxylation is 1. The smallest absolute Gasteiger partial charge is 0.119 e. The van der Waals surface area contributed by atoms with Crippen molar-refractivity contribution >= 4 is 0 Å². The van der Waals surface area contributed by atoms with Crippen LogP contribution in [0, 0.1) is 16.7 Å². The average Bonchev–Trinajstić information content (AvgIpc) is 2.93. The second kappa shape index (κ2) is 4.46. The molecule has 2 bridgehead atoms. The third kappa shape index (κ3) is 1.44. The zero-order valence-corrected chi connectivity index (χ0v) is 15.1. The third-order valence-corrected chi connectivity index (χ3v) is 8.54. The predicted octanol–water partition coefficient (Wildman–Crippen LogP) is 4.61. The van der Waals surface area contributed by atoms with Gasteiger partial charge in [-0.1, -0.05) is 19.1 Å². The number of ether oxygens (including phenoxy) is 1. The van der Waals surface area contributed by atoms with E-state index in [1.165, 1.54) is 30.4 Å². The molecule has 1 N–H and O–H groups in total. The fraction of sp³-hybridized carbons (Fsp3) is 0.636. The van der Waals surface area contributed by atoms with Crippen LogP contribution in [-0.4, -0.2) is 17.8 Å². The molecule has 0 spiro atoms. The summed E-state index contributed by atoms with van der Waals surface area (Å²) in [5, 5.41) is 11.4. The lowest BCUT2D eigenvalue weighted by Crippen LogP contribution is -2.52. The molecule has 4 aliphatic rings. The molecule has 2 saturated carbocycles. The van der Waals surface area contributed by atoms with Crippen molar-refractivity contribution in [3.63, 3.8) is 0 Å². The summed E-state index contributed by atoms with van der Waals surface area (Å²) < 4.78 is 5.43. The van der Waals surface area contributed by atoms with E-state index in [9.17, 15) is 5.11 Å². The average molecular weight is 324 g/mol. The molecule has 0 saturated heterocycles. The molecule has 2 nitrogen and oxygen atoms in total. The Balaban J connectivity index is 1.62. The molecule has 2 fully saturated rings. The maximum absolute atomic E-state index is 11.4. The molecule has 5 atom stereocenters. The number of fused-ring (bicyclic) bond motifs is 3. The van der Waals surface area contributed by atoms with Crippen LogP contribution >= 0.6 is 0 Å². The summed E-state index contributed by atoms with van der Waals surface area (Å²) in [7, 11) is 1.75. The number of benzene rings is 1. The minimum atomic E-state index is -0.543. The zero-order valence-electron chi connectivity index (χ0n) is 15.1. The highest BCUT2D eigenvalue weighted by molar-refractivity contribution is 5.46. The summed E-state index contributed by atoms with van der Waals surface area (Å²) in [5.41, 5.74) is 4.01. The Labute approximate surface area is 144 Å². The van der Waals surface area contributed by atoms with Crippen molar-refractivity contribution in [2.45, 2.75) is 63.9 Å². The molecule has 0 amide bonds. The minimum absolute atomic E-state index is 0.0508. The van der Waals surface area contributed by atoms with Gasteiger partial charge in [-0.3, -0.25) is 0 Å². The van der Waals surface area contributed by atoms with Gasteiger partial charge in [0.2, 0.25) is 0 Å². The van der Waals surface area contributed by atoms with Crippen molar-refractivity contribution in [3.05, 3.63) is 41.0 Å². The van der Waals surface area contributed by atoms with E-state index in [0.717, 1.165) is 25.0 Å². The maximum atomic E-state index is 11.4. The SMILES string of the molecule is COc1ccc2c(c1)CC[C@@H]1[C@@H]2CC[C@]2(C)[C@@]3(O)CC[C@@]12C=C3C.